The molecule has 14 heteroatoms. The topological polar surface area (TPSA) is 208 Å². The number of carbonyl (C=O) groups excluding carboxylic acids is 2. The van der Waals surface area contributed by atoms with Gasteiger partial charge in [0.2, 0.25) is 5.88 Å². The Kier molecular flexibility index (Phi) is 9.08. The molecular formula is C32H39N9O4S. The SMILES string of the molecule is CN1CCC[C@H]1COc1cc(/N=C/C=C(\N)C(=O)NC2COC2)nc(/C(N)=C2\CCC[C@@]3(CCCc4sc(N)c(C#N)c43)C2=O)n1. The number of likely N-dealkylation sites (tertiary alicyclic amines) is 1. The molecule has 0 aromatic carbocycles. The van der Waals surface area contributed by atoms with E-state index in [0.717, 1.165) is 49.1 Å². The number of nitriles is 1. The van der Waals surface area contributed by atoms with Gasteiger partial charge >= 0.3 is 0 Å². The molecule has 0 bridgehead atoms. The number of aryl methyl sites for hydroxylation is 1. The van der Waals surface area contributed by atoms with Crippen LogP contribution in [-0.4, -0.2) is 78.3 Å². The molecule has 2 aliphatic heterocycles. The van der Waals surface area contributed by atoms with E-state index < -0.39 is 11.3 Å². The number of aromatic nitrogens is 2. The van der Waals surface area contributed by atoms with Gasteiger partial charge in [-0.25, -0.2) is 9.98 Å². The predicted octanol–water partition coefficient (Wildman–Crippen LogP) is 2.22. The number of likely N-dealkylation sites (N-methyl/N-ethyl adjacent to an activating group) is 1. The Hall–Kier alpha value is -4.32. The Morgan fingerprint density at radius 3 is 2.76 bits per heavy atom. The minimum absolute atomic E-state index is 0.0111. The molecule has 1 amide bonds. The third-order valence-corrected chi connectivity index (χ3v) is 10.5. The van der Waals surface area contributed by atoms with Crippen LogP contribution in [0.5, 0.6) is 5.88 Å². The number of thiophene rings is 1. The molecule has 4 heterocycles. The Labute approximate surface area is 271 Å². The average Bonchev–Trinajstić information content (AvgIpc) is 3.60. The first-order valence-corrected chi connectivity index (χ1v) is 16.5. The highest BCUT2D eigenvalue weighted by Gasteiger charge is 2.49. The van der Waals surface area contributed by atoms with Gasteiger partial charge in [0.1, 0.15) is 17.7 Å². The number of amides is 1. The van der Waals surface area contributed by atoms with Gasteiger partial charge in [-0.3, -0.25) is 9.59 Å². The number of hydrogen-bond donors (Lipinski definition) is 4. The number of allylic oxidation sites excluding steroid dienone is 2. The lowest BCUT2D eigenvalue weighted by Gasteiger charge is -2.40. The number of Topliss-reactive ketones (excluding diaryl/α,β-unsaturated/α-hetero) is 1. The Balaban J connectivity index is 1.32. The molecule has 2 aliphatic carbocycles. The maximum absolute atomic E-state index is 14.4. The van der Waals surface area contributed by atoms with Crippen molar-refractivity contribution in [1.29, 1.82) is 5.26 Å². The fourth-order valence-electron chi connectivity index (χ4n) is 6.82. The minimum Gasteiger partial charge on any atom is -0.476 e. The van der Waals surface area contributed by atoms with Crippen LogP contribution in [0, 0.1) is 11.3 Å². The number of ketones is 1. The van der Waals surface area contributed by atoms with Gasteiger partial charge < -0.3 is 36.9 Å². The summed E-state index contributed by atoms with van der Waals surface area (Å²) in [4.78, 5) is 43.6. The van der Waals surface area contributed by atoms with Crippen LogP contribution in [0.1, 0.15) is 66.8 Å². The van der Waals surface area contributed by atoms with Crippen LogP contribution < -0.4 is 27.3 Å². The van der Waals surface area contributed by atoms with E-state index >= 15 is 0 Å². The Morgan fingerprint density at radius 2 is 2.07 bits per heavy atom. The maximum Gasteiger partial charge on any atom is 0.267 e. The number of ether oxygens (including phenoxy) is 2. The standard InChI is InChI=1S/C32H39N9O4S/c1-41-12-4-5-19(41)17-45-25-13-24(37-11-8-22(34)31(43)38-18-15-44-16-18)39-30(40-25)27(35)20-6-2-9-32(28(20)42)10-3-7-23-26(32)21(14-33)29(36)46-23/h8,11,13,18-19H,2-7,9-10,12,15-17,34-36H2,1H3,(H,38,43)/b22-8-,27-20-,37-11+/t19-,32-/m0/s1. The number of rotatable bonds is 8. The summed E-state index contributed by atoms with van der Waals surface area (Å²) >= 11 is 1.41. The lowest BCUT2D eigenvalue weighted by molar-refractivity contribution is -0.123. The molecule has 4 aliphatic rings. The first-order valence-electron chi connectivity index (χ1n) is 15.7. The van der Waals surface area contributed by atoms with Crippen molar-refractivity contribution in [3.8, 4) is 11.9 Å². The number of nitrogen functional groups attached to an aromatic ring is 1. The highest BCUT2D eigenvalue weighted by Crippen LogP contribution is 2.52. The Morgan fingerprint density at radius 1 is 1.28 bits per heavy atom. The summed E-state index contributed by atoms with van der Waals surface area (Å²) in [5, 5.41) is 13.2. The van der Waals surface area contributed by atoms with E-state index in [4.69, 9.17) is 26.7 Å². The summed E-state index contributed by atoms with van der Waals surface area (Å²) in [6, 6.07) is 4.04. The zero-order chi connectivity index (χ0) is 32.4. The van der Waals surface area contributed by atoms with Gasteiger partial charge in [-0.2, -0.15) is 10.2 Å². The summed E-state index contributed by atoms with van der Waals surface area (Å²) in [5.41, 5.74) is 19.9. The molecule has 2 atom stereocenters. The van der Waals surface area contributed by atoms with Crippen molar-refractivity contribution in [3.63, 3.8) is 0 Å². The Bertz CT molecular complexity index is 1670. The second-order valence-corrected chi connectivity index (χ2v) is 13.5. The quantitative estimate of drug-likeness (QED) is 0.242. The van der Waals surface area contributed by atoms with Crippen molar-refractivity contribution >= 4 is 45.8 Å². The fourth-order valence-corrected chi connectivity index (χ4v) is 7.98. The number of carbonyl (C=O) groups is 2. The molecule has 46 heavy (non-hydrogen) atoms. The van der Waals surface area contributed by atoms with Crippen LogP contribution >= 0.6 is 11.3 Å². The first-order chi connectivity index (χ1) is 22.2. The average molecular weight is 646 g/mol. The van der Waals surface area contributed by atoms with Crippen LogP contribution in [-0.2, 0) is 26.2 Å². The van der Waals surface area contributed by atoms with Crippen LogP contribution in [0.3, 0.4) is 0 Å². The van der Waals surface area contributed by atoms with Crippen molar-refractivity contribution in [2.24, 2.45) is 16.5 Å². The maximum atomic E-state index is 14.4. The van der Waals surface area contributed by atoms with Gasteiger partial charge in [-0.05, 0) is 76.6 Å². The molecule has 2 aromatic heterocycles. The second-order valence-electron chi connectivity index (χ2n) is 12.3. The summed E-state index contributed by atoms with van der Waals surface area (Å²) in [6.07, 6.45) is 8.94. The summed E-state index contributed by atoms with van der Waals surface area (Å²) in [5.74, 6) is 0.124. The van der Waals surface area contributed by atoms with Crippen molar-refractivity contribution in [3.05, 3.63) is 45.2 Å². The zero-order valence-electron chi connectivity index (χ0n) is 25.9. The minimum atomic E-state index is -0.846. The summed E-state index contributed by atoms with van der Waals surface area (Å²) in [7, 11) is 2.06. The molecular weight excluding hydrogens is 606 g/mol. The van der Waals surface area contributed by atoms with Gasteiger partial charge in [-0.15, -0.1) is 11.3 Å². The normalized spacial score (nSPS) is 24.9. The van der Waals surface area contributed by atoms with E-state index in [1.165, 1.54) is 23.6 Å². The highest BCUT2D eigenvalue weighted by molar-refractivity contribution is 7.16. The molecule has 6 rings (SSSR count). The number of nitrogens with zero attached hydrogens (tertiary/aromatic N) is 5. The molecule has 13 nitrogen and oxygen atoms in total. The number of nitrogens with two attached hydrogens (primary N) is 3. The number of anilines is 1. The third-order valence-electron chi connectivity index (χ3n) is 9.39. The number of nitrogens with one attached hydrogen (secondary N) is 1. The van der Waals surface area contributed by atoms with Crippen LogP contribution in [0.4, 0.5) is 10.8 Å². The molecule has 2 saturated heterocycles. The van der Waals surface area contributed by atoms with Crippen LogP contribution in [0.2, 0.25) is 0 Å². The molecule has 0 radical (unpaired) electrons. The van der Waals surface area contributed by atoms with E-state index in [0.29, 0.717) is 55.2 Å². The second kappa shape index (κ2) is 13.2. The number of aliphatic imine (C=N–C) groups is 1. The van der Waals surface area contributed by atoms with Crippen molar-refractivity contribution < 1.29 is 19.1 Å². The first kappa shape index (κ1) is 31.7. The number of hydrogen-bond acceptors (Lipinski definition) is 13. The van der Waals surface area contributed by atoms with Crippen LogP contribution in [0.25, 0.3) is 5.70 Å². The predicted molar refractivity (Wildman–Crippen MR) is 174 cm³/mol. The highest BCUT2D eigenvalue weighted by atomic mass is 32.1. The van der Waals surface area contributed by atoms with Crippen LogP contribution in [0.15, 0.2) is 28.4 Å². The molecule has 2 aromatic rings. The van der Waals surface area contributed by atoms with E-state index in [2.05, 4.69) is 38.3 Å². The van der Waals surface area contributed by atoms with E-state index in [1.807, 2.05) is 0 Å². The van der Waals surface area contributed by atoms with Gasteiger partial charge in [0.05, 0.1) is 41.6 Å². The fraction of sp³-hybridized carbons (Fsp3) is 0.500. The van der Waals surface area contributed by atoms with Crippen molar-refractivity contribution in [2.75, 3.05) is 39.1 Å². The van der Waals surface area contributed by atoms with Gasteiger partial charge in [0.25, 0.3) is 5.91 Å². The molecule has 7 N–H and O–H groups in total. The third kappa shape index (κ3) is 6.10. The smallest absolute Gasteiger partial charge is 0.267 e. The largest absolute Gasteiger partial charge is 0.476 e. The summed E-state index contributed by atoms with van der Waals surface area (Å²) < 4.78 is 11.2. The molecule has 3 fully saturated rings. The van der Waals surface area contributed by atoms with Crippen molar-refractivity contribution in [1.82, 2.24) is 20.2 Å². The summed E-state index contributed by atoms with van der Waals surface area (Å²) in [6.45, 7) is 2.34. The van der Waals surface area contributed by atoms with E-state index in [1.54, 1.807) is 6.07 Å². The van der Waals surface area contributed by atoms with Gasteiger partial charge in [-0.1, -0.05) is 0 Å². The molecule has 1 saturated carbocycles. The van der Waals surface area contributed by atoms with E-state index in [-0.39, 0.29) is 46.8 Å². The molecule has 242 valence electrons. The number of fused-ring (bicyclic) bond motifs is 2. The lowest BCUT2D eigenvalue weighted by atomic mass is 9.61. The lowest BCUT2D eigenvalue weighted by Crippen LogP contribution is -2.49. The van der Waals surface area contributed by atoms with E-state index in [9.17, 15) is 14.9 Å². The van der Waals surface area contributed by atoms with Gasteiger partial charge in [0, 0.05) is 28.8 Å². The molecule has 0 unspecified atom stereocenters. The zero-order valence-corrected chi connectivity index (χ0v) is 26.7. The molecule has 1 spiro atoms. The van der Waals surface area contributed by atoms with Gasteiger partial charge in [0.15, 0.2) is 17.4 Å². The van der Waals surface area contributed by atoms with Crippen molar-refractivity contribution in [2.45, 2.75) is 68.9 Å². The monoisotopic (exact) mass is 645 g/mol.